The van der Waals surface area contributed by atoms with Crippen LogP contribution in [0, 0.1) is 18.3 Å². The fraction of sp³-hybridized carbons (Fsp3) is 0.357. The summed E-state index contributed by atoms with van der Waals surface area (Å²) in [7, 11) is 1.59. The zero-order chi connectivity index (χ0) is 13.7. The SMILES string of the molecule is COc1ccc(-c2cn(CCCC#N)c(C)n2)cn1. The first kappa shape index (κ1) is 13.1. The monoisotopic (exact) mass is 256 g/mol. The van der Waals surface area contributed by atoms with E-state index < -0.39 is 0 Å². The molecular weight excluding hydrogens is 240 g/mol. The summed E-state index contributed by atoms with van der Waals surface area (Å²) in [5.74, 6) is 1.54. The highest BCUT2D eigenvalue weighted by molar-refractivity contribution is 5.57. The minimum absolute atomic E-state index is 0.567. The molecule has 0 unspecified atom stereocenters. The fourth-order valence-corrected chi connectivity index (χ4v) is 1.85. The lowest BCUT2D eigenvalue weighted by Gasteiger charge is -2.01. The summed E-state index contributed by atoms with van der Waals surface area (Å²) in [6, 6.07) is 5.91. The Morgan fingerprint density at radius 3 is 2.89 bits per heavy atom. The maximum atomic E-state index is 8.55. The molecule has 2 heterocycles. The molecule has 0 N–H and O–H groups in total. The summed E-state index contributed by atoms with van der Waals surface area (Å²) in [4.78, 5) is 8.69. The van der Waals surface area contributed by atoms with Gasteiger partial charge < -0.3 is 9.30 Å². The maximum absolute atomic E-state index is 8.55. The van der Waals surface area contributed by atoms with Crippen LogP contribution in [0.5, 0.6) is 5.88 Å². The van der Waals surface area contributed by atoms with Gasteiger partial charge in [0.1, 0.15) is 5.82 Å². The molecule has 5 nitrogen and oxygen atoms in total. The van der Waals surface area contributed by atoms with Gasteiger partial charge in [0, 0.05) is 37.0 Å². The van der Waals surface area contributed by atoms with Crippen molar-refractivity contribution in [2.75, 3.05) is 7.11 Å². The first-order valence-corrected chi connectivity index (χ1v) is 6.15. The molecule has 2 aromatic heterocycles. The van der Waals surface area contributed by atoms with E-state index in [-0.39, 0.29) is 0 Å². The molecule has 0 saturated carbocycles. The molecule has 0 atom stereocenters. The van der Waals surface area contributed by atoms with Crippen molar-refractivity contribution >= 4 is 0 Å². The molecule has 2 aromatic rings. The van der Waals surface area contributed by atoms with Gasteiger partial charge in [-0.05, 0) is 19.4 Å². The van der Waals surface area contributed by atoms with Crippen molar-refractivity contribution in [3.63, 3.8) is 0 Å². The van der Waals surface area contributed by atoms with E-state index in [1.165, 1.54) is 0 Å². The molecule has 0 saturated heterocycles. The number of imidazole rings is 1. The number of hydrogen-bond acceptors (Lipinski definition) is 4. The lowest BCUT2D eigenvalue weighted by molar-refractivity contribution is 0.398. The first-order chi connectivity index (χ1) is 9.24. The molecule has 98 valence electrons. The van der Waals surface area contributed by atoms with Gasteiger partial charge in [0.05, 0.1) is 18.9 Å². The van der Waals surface area contributed by atoms with Gasteiger partial charge in [-0.2, -0.15) is 5.26 Å². The molecule has 0 aliphatic heterocycles. The molecule has 0 fully saturated rings. The van der Waals surface area contributed by atoms with E-state index in [1.54, 1.807) is 13.3 Å². The van der Waals surface area contributed by atoms with Crippen LogP contribution in [-0.2, 0) is 6.54 Å². The third kappa shape index (κ3) is 3.10. The number of aryl methyl sites for hydroxylation is 2. The predicted octanol–water partition coefficient (Wildman–Crippen LogP) is 2.57. The van der Waals surface area contributed by atoms with Crippen LogP contribution in [0.15, 0.2) is 24.5 Å². The largest absolute Gasteiger partial charge is 0.481 e. The molecule has 0 aromatic carbocycles. The number of methoxy groups -OCH3 is 1. The highest BCUT2D eigenvalue weighted by Gasteiger charge is 2.07. The number of nitrogens with zero attached hydrogens (tertiary/aromatic N) is 4. The minimum Gasteiger partial charge on any atom is -0.481 e. The standard InChI is InChI=1S/C14H16N4O/c1-11-17-13(10-18(11)8-4-3-7-15)12-5-6-14(19-2)16-9-12/h5-6,9-10H,3-4,8H2,1-2H3. The molecule has 0 radical (unpaired) electrons. The Hall–Kier alpha value is -2.35. The van der Waals surface area contributed by atoms with Gasteiger partial charge in [0.15, 0.2) is 0 Å². The zero-order valence-electron chi connectivity index (χ0n) is 11.1. The van der Waals surface area contributed by atoms with Crippen LogP contribution in [0.1, 0.15) is 18.7 Å². The Balaban J connectivity index is 2.16. The molecule has 2 rings (SSSR count). The summed E-state index contributed by atoms with van der Waals surface area (Å²) in [6.45, 7) is 2.78. The second kappa shape index (κ2) is 6.01. The molecular formula is C14H16N4O. The quantitative estimate of drug-likeness (QED) is 0.771. The molecule has 0 bridgehead atoms. The Kier molecular flexibility index (Phi) is 4.14. The average Bonchev–Trinajstić information content (AvgIpc) is 2.81. The molecule has 0 aliphatic rings. The predicted molar refractivity (Wildman–Crippen MR) is 71.6 cm³/mol. The Labute approximate surface area is 112 Å². The van der Waals surface area contributed by atoms with Crippen molar-refractivity contribution < 1.29 is 4.74 Å². The zero-order valence-corrected chi connectivity index (χ0v) is 11.1. The van der Waals surface area contributed by atoms with Gasteiger partial charge in [-0.25, -0.2) is 9.97 Å². The second-order valence-corrected chi connectivity index (χ2v) is 4.22. The molecule has 5 heteroatoms. The maximum Gasteiger partial charge on any atom is 0.212 e. The highest BCUT2D eigenvalue weighted by Crippen LogP contribution is 2.19. The van der Waals surface area contributed by atoms with Crippen LogP contribution in [0.4, 0.5) is 0 Å². The molecule has 0 spiro atoms. The number of hydrogen-bond donors (Lipinski definition) is 0. The van der Waals surface area contributed by atoms with E-state index in [2.05, 4.69) is 20.6 Å². The highest BCUT2D eigenvalue weighted by atomic mass is 16.5. The lowest BCUT2D eigenvalue weighted by atomic mass is 10.2. The van der Waals surface area contributed by atoms with Crippen molar-refractivity contribution in [1.29, 1.82) is 5.26 Å². The van der Waals surface area contributed by atoms with Crippen molar-refractivity contribution in [3.05, 3.63) is 30.4 Å². The van der Waals surface area contributed by atoms with Crippen molar-refractivity contribution in [2.45, 2.75) is 26.3 Å². The summed E-state index contributed by atoms with van der Waals surface area (Å²) < 4.78 is 7.10. The second-order valence-electron chi connectivity index (χ2n) is 4.22. The number of nitriles is 1. The van der Waals surface area contributed by atoms with Gasteiger partial charge in [0.25, 0.3) is 0 Å². The summed E-state index contributed by atoms with van der Waals surface area (Å²) >= 11 is 0. The minimum atomic E-state index is 0.567. The summed E-state index contributed by atoms with van der Waals surface area (Å²) in [5.41, 5.74) is 1.85. The lowest BCUT2D eigenvalue weighted by Crippen LogP contribution is -1.98. The summed E-state index contributed by atoms with van der Waals surface area (Å²) in [6.07, 6.45) is 5.15. The summed E-state index contributed by atoms with van der Waals surface area (Å²) in [5, 5.41) is 8.55. The fourth-order valence-electron chi connectivity index (χ4n) is 1.85. The van der Waals surface area contributed by atoms with Crippen LogP contribution in [0.2, 0.25) is 0 Å². The van der Waals surface area contributed by atoms with E-state index in [1.807, 2.05) is 25.3 Å². The van der Waals surface area contributed by atoms with E-state index in [0.717, 1.165) is 30.0 Å². The van der Waals surface area contributed by atoms with Gasteiger partial charge in [-0.1, -0.05) is 0 Å². The van der Waals surface area contributed by atoms with Gasteiger partial charge in [-0.15, -0.1) is 0 Å². The van der Waals surface area contributed by atoms with Crippen LogP contribution in [0.3, 0.4) is 0 Å². The van der Waals surface area contributed by atoms with E-state index in [4.69, 9.17) is 10.00 Å². The van der Waals surface area contributed by atoms with E-state index in [0.29, 0.717) is 12.3 Å². The topological polar surface area (TPSA) is 63.7 Å². The molecule has 19 heavy (non-hydrogen) atoms. The molecule has 0 aliphatic carbocycles. The molecule has 0 amide bonds. The number of rotatable bonds is 5. The van der Waals surface area contributed by atoms with E-state index >= 15 is 0 Å². The number of ether oxygens (including phenoxy) is 1. The Morgan fingerprint density at radius 1 is 1.42 bits per heavy atom. The van der Waals surface area contributed by atoms with E-state index in [9.17, 15) is 0 Å². The third-order valence-corrected chi connectivity index (χ3v) is 2.90. The number of unbranched alkanes of at least 4 members (excludes halogenated alkanes) is 1. The Morgan fingerprint density at radius 2 is 2.26 bits per heavy atom. The third-order valence-electron chi connectivity index (χ3n) is 2.90. The van der Waals surface area contributed by atoms with Crippen molar-refractivity contribution in [1.82, 2.24) is 14.5 Å². The van der Waals surface area contributed by atoms with Crippen molar-refractivity contribution in [2.24, 2.45) is 0 Å². The van der Waals surface area contributed by atoms with Crippen LogP contribution < -0.4 is 4.74 Å². The number of aromatic nitrogens is 3. The van der Waals surface area contributed by atoms with Crippen LogP contribution in [0.25, 0.3) is 11.3 Å². The normalized spacial score (nSPS) is 10.2. The van der Waals surface area contributed by atoms with Gasteiger partial charge in [0.2, 0.25) is 5.88 Å². The average molecular weight is 256 g/mol. The Bertz CT molecular complexity index is 580. The number of pyridine rings is 1. The van der Waals surface area contributed by atoms with Crippen LogP contribution in [-0.4, -0.2) is 21.6 Å². The van der Waals surface area contributed by atoms with Gasteiger partial charge >= 0.3 is 0 Å². The van der Waals surface area contributed by atoms with Crippen LogP contribution >= 0.6 is 0 Å². The van der Waals surface area contributed by atoms with Gasteiger partial charge in [-0.3, -0.25) is 0 Å². The first-order valence-electron chi connectivity index (χ1n) is 6.15. The van der Waals surface area contributed by atoms with Crippen molar-refractivity contribution in [3.8, 4) is 23.2 Å². The smallest absolute Gasteiger partial charge is 0.212 e.